The van der Waals surface area contributed by atoms with Crippen LogP contribution in [0.15, 0.2) is 16.6 Å². The van der Waals surface area contributed by atoms with Gasteiger partial charge in [-0.15, -0.1) is 0 Å². The normalized spacial score (nSPS) is 11.4. The second kappa shape index (κ2) is 4.45. The van der Waals surface area contributed by atoms with Crippen LogP contribution in [-0.2, 0) is 6.18 Å². The number of carbonyl (C=O) groups is 1. The van der Waals surface area contributed by atoms with Gasteiger partial charge in [-0.1, -0.05) is 15.9 Å². The second-order valence-corrected chi connectivity index (χ2v) is 4.00. The van der Waals surface area contributed by atoms with Crippen LogP contribution in [0.3, 0.4) is 0 Å². The lowest BCUT2D eigenvalue weighted by Gasteiger charge is -2.14. The fourth-order valence-electron chi connectivity index (χ4n) is 1.33. The van der Waals surface area contributed by atoms with Crippen LogP contribution in [0.2, 0.25) is 0 Å². The summed E-state index contributed by atoms with van der Waals surface area (Å²) in [4.78, 5) is 11.2. The Labute approximate surface area is 98.5 Å². The van der Waals surface area contributed by atoms with Crippen LogP contribution in [0.1, 0.15) is 22.8 Å². The Hall–Kier alpha value is -1.04. The van der Waals surface area contributed by atoms with Crippen LogP contribution < -0.4 is 4.74 Å². The van der Waals surface area contributed by atoms with E-state index in [9.17, 15) is 18.0 Å². The van der Waals surface area contributed by atoms with Gasteiger partial charge >= 0.3 is 6.18 Å². The zero-order chi connectivity index (χ0) is 12.5. The molecule has 0 aliphatic heterocycles. The summed E-state index contributed by atoms with van der Waals surface area (Å²) >= 11 is 2.94. The molecule has 0 N–H and O–H groups in total. The molecule has 0 aliphatic carbocycles. The maximum Gasteiger partial charge on any atom is 0.417 e. The number of benzene rings is 1. The van der Waals surface area contributed by atoms with Crippen molar-refractivity contribution in [3.8, 4) is 5.75 Å². The van der Waals surface area contributed by atoms with Crippen molar-refractivity contribution >= 4 is 21.7 Å². The Balaban J connectivity index is 3.57. The molecular formula is C10H8BrF3O2. The molecule has 0 fully saturated rings. The first kappa shape index (κ1) is 13.0. The third-order valence-corrected chi connectivity index (χ3v) is 2.40. The van der Waals surface area contributed by atoms with Gasteiger partial charge in [0.1, 0.15) is 5.75 Å². The van der Waals surface area contributed by atoms with E-state index >= 15 is 0 Å². The van der Waals surface area contributed by atoms with E-state index in [1.54, 1.807) is 0 Å². The molecule has 16 heavy (non-hydrogen) atoms. The number of ketones is 1. The van der Waals surface area contributed by atoms with Crippen molar-refractivity contribution < 1.29 is 22.7 Å². The zero-order valence-electron chi connectivity index (χ0n) is 8.48. The number of methoxy groups -OCH3 is 1. The van der Waals surface area contributed by atoms with Crippen LogP contribution in [0.5, 0.6) is 5.75 Å². The average Bonchev–Trinajstić information content (AvgIpc) is 2.14. The molecule has 2 nitrogen and oxygen atoms in total. The third-order valence-electron chi connectivity index (χ3n) is 1.94. The molecule has 0 bridgehead atoms. The molecule has 0 heterocycles. The molecule has 1 aromatic carbocycles. The molecule has 0 atom stereocenters. The topological polar surface area (TPSA) is 26.3 Å². The smallest absolute Gasteiger partial charge is 0.417 e. The fourth-order valence-corrected chi connectivity index (χ4v) is 1.77. The Bertz CT molecular complexity index is 427. The highest BCUT2D eigenvalue weighted by molar-refractivity contribution is 9.10. The van der Waals surface area contributed by atoms with Gasteiger partial charge in [0.2, 0.25) is 0 Å². The van der Waals surface area contributed by atoms with Crippen molar-refractivity contribution in [2.45, 2.75) is 13.1 Å². The van der Waals surface area contributed by atoms with Gasteiger partial charge in [0.15, 0.2) is 5.78 Å². The van der Waals surface area contributed by atoms with E-state index in [0.717, 1.165) is 13.0 Å². The molecule has 0 amide bonds. The number of hydrogen-bond acceptors (Lipinski definition) is 2. The third kappa shape index (κ3) is 2.55. The molecule has 0 aromatic heterocycles. The summed E-state index contributed by atoms with van der Waals surface area (Å²) in [6.07, 6.45) is -4.59. The highest BCUT2D eigenvalue weighted by Crippen LogP contribution is 2.38. The minimum atomic E-state index is -4.59. The quantitative estimate of drug-likeness (QED) is 0.778. The van der Waals surface area contributed by atoms with Gasteiger partial charge in [-0.25, -0.2) is 0 Å². The van der Waals surface area contributed by atoms with Crippen molar-refractivity contribution in [2.75, 3.05) is 7.11 Å². The summed E-state index contributed by atoms with van der Waals surface area (Å²) < 4.78 is 43.0. The van der Waals surface area contributed by atoms with Crippen LogP contribution in [-0.4, -0.2) is 12.9 Å². The number of ether oxygens (including phenoxy) is 1. The Morgan fingerprint density at radius 1 is 1.38 bits per heavy atom. The lowest BCUT2D eigenvalue weighted by atomic mass is 10.0. The highest BCUT2D eigenvalue weighted by atomic mass is 79.9. The van der Waals surface area contributed by atoms with Gasteiger partial charge in [0.25, 0.3) is 0 Å². The Morgan fingerprint density at radius 2 is 1.94 bits per heavy atom. The standard InChI is InChI=1S/C10H8BrF3O2/c1-5(15)9-7(10(12,13)14)3-6(11)4-8(9)16-2/h3-4H,1-2H3. The number of hydrogen-bond donors (Lipinski definition) is 0. The van der Waals surface area contributed by atoms with E-state index in [2.05, 4.69) is 15.9 Å². The lowest BCUT2D eigenvalue weighted by Crippen LogP contribution is -2.13. The van der Waals surface area contributed by atoms with Crippen LogP contribution >= 0.6 is 15.9 Å². The molecule has 0 unspecified atom stereocenters. The summed E-state index contributed by atoms with van der Waals surface area (Å²) in [5.41, 5.74) is -1.44. The monoisotopic (exact) mass is 296 g/mol. The summed E-state index contributed by atoms with van der Waals surface area (Å²) in [6, 6.07) is 2.19. The Kier molecular flexibility index (Phi) is 3.62. The van der Waals surface area contributed by atoms with E-state index in [1.807, 2.05) is 0 Å². The first-order valence-electron chi connectivity index (χ1n) is 4.23. The van der Waals surface area contributed by atoms with E-state index in [4.69, 9.17) is 4.74 Å². The highest BCUT2D eigenvalue weighted by Gasteiger charge is 2.36. The number of alkyl halides is 3. The minimum Gasteiger partial charge on any atom is -0.496 e. The fraction of sp³-hybridized carbons (Fsp3) is 0.300. The summed E-state index contributed by atoms with van der Waals surface area (Å²) in [5, 5.41) is 0. The molecule has 0 spiro atoms. The number of halogens is 4. The number of rotatable bonds is 2. The zero-order valence-corrected chi connectivity index (χ0v) is 10.1. The first-order valence-corrected chi connectivity index (χ1v) is 5.02. The molecule has 0 saturated heterocycles. The van der Waals surface area contributed by atoms with Gasteiger partial charge in [-0.3, -0.25) is 4.79 Å². The van der Waals surface area contributed by atoms with E-state index < -0.39 is 23.1 Å². The molecule has 0 radical (unpaired) electrons. The maximum absolute atomic E-state index is 12.7. The second-order valence-electron chi connectivity index (χ2n) is 3.08. The van der Waals surface area contributed by atoms with Crippen molar-refractivity contribution in [3.05, 3.63) is 27.7 Å². The first-order chi connectivity index (χ1) is 7.27. The largest absolute Gasteiger partial charge is 0.496 e. The molecule has 0 aliphatic rings. The Morgan fingerprint density at radius 3 is 2.31 bits per heavy atom. The average molecular weight is 297 g/mol. The van der Waals surface area contributed by atoms with E-state index in [1.165, 1.54) is 13.2 Å². The number of carbonyl (C=O) groups excluding carboxylic acids is 1. The van der Waals surface area contributed by atoms with Crippen molar-refractivity contribution in [1.82, 2.24) is 0 Å². The molecule has 0 saturated carbocycles. The van der Waals surface area contributed by atoms with Gasteiger partial charge < -0.3 is 4.74 Å². The minimum absolute atomic E-state index is 0.0887. The van der Waals surface area contributed by atoms with Gasteiger partial charge in [-0.05, 0) is 19.1 Å². The van der Waals surface area contributed by atoms with E-state index in [0.29, 0.717) is 0 Å². The van der Waals surface area contributed by atoms with Crippen molar-refractivity contribution in [3.63, 3.8) is 0 Å². The predicted molar refractivity (Wildman–Crippen MR) is 55.7 cm³/mol. The predicted octanol–water partition coefficient (Wildman–Crippen LogP) is 3.68. The summed E-state index contributed by atoms with van der Waals surface area (Å²) in [7, 11) is 1.22. The lowest BCUT2D eigenvalue weighted by molar-refractivity contribution is -0.138. The summed E-state index contributed by atoms with van der Waals surface area (Å²) in [6.45, 7) is 1.07. The van der Waals surface area contributed by atoms with Crippen LogP contribution in [0.25, 0.3) is 0 Å². The molecular weight excluding hydrogens is 289 g/mol. The summed E-state index contributed by atoms with van der Waals surface area (Å²) in [5.74, 6) is -0.772. The van der Waals surface area contributed by atoms with Crippen LogP contribution in [0.4, 0.5) is 13.2 Å². The van der Waals surface area contributed by atoms with Gasteiger partial charge in [-0.2, -0.15) is 13.2 Å². The van der Waals surface area contributed by atoms with Crippen molar-refractivity contribution in [2.24, 2.45) is 0 Å². The molecule has 1 rings (SSSR count). The maximum atomic E-state index is 12.7. The molecule has 88 valence electrons. The van der Waals surface area contributed by atoms with Crippen molar-refractivity contribution in [1.29, 1.82) is 0 Å². The SMILES string of the molecule is COc1cc(Br)cc(C(F)(F)F)c1C(C)=O. The van der Waals surface area contributed by atoms with Crippen LogP contribution in [0, 0.1) is 0 Å². The molecule has 6 heteroatoms. The van der Waals surface area contributed by atoms with Gasteiger partial charge in [0, 0.05) is 4.47 Å². The molecule has 1 aromatic rings. The number of Topliss-reactive ketones (excluding diaryl/α,β-unsaturated/α-hetero) is 1. The van der Waals surface area contributed by atoms with Gasteiger partial charge in [0.05, 0.1) is 18.2 Å². The van der Waals surface area contributed by atoms with E-state index in [-0.39, 0.29) is 10.2 Å².